The topological polar surface area (TPSA) is 67.6 Å². The summed E-state index contributed by atoms with van der Waals surface area (Å²) in [6, 6.07) is 0.239. The highest BCUT2D eigenvalue weighted by atomic mass is 15.2. The van der Waals surface area contributed by atoms with Gasteiger partial charge in [-0.15, -0.1) is 0 Å². The maximum absolute atomic E-state index is 5.73. The molecule has 1 fully saturated rings. The standard InChI is InChI=1S/C12H22N4/c1-9(13)7-8-11-14-12(16-15-11)10-5-3-2-4-6-10/h9-10H,2-8,13H2,1H3,(H,14,15,16). The molecule has 0 bridgehead atoms. The van der Waals surface area contributed by atoms with Crippen molar-refractivity contribution in [3.63, 3.8) is 0 Å². The summed E-state index contributed by atoms with van der Waals surface area (Å²) in [5.41, 5.74) is 5.73. The van der Waals surface area contributed by atoms with Crippen molar-refractivity contribution in [1.82, 2.24) is 15.2 Å². The molecule has 90 valence electrons. The molecule has 0 spiro atoms. The van der Waals surface area contributed by atoms with Gasteiger partial charge in [-0.1, -0.05) is 19.3 Å². The zero-order valence-electron chi connectivity index (χ0n) is 10.1. The molecule has 1 saturated carbocycles. The second-order valence-electron chi connectivity index (χ2n) is 4.99. The van der Waals surface area contributed by atoms with Gasteiger partial charge in [-0.2, -0.15) is 5.10 Å². The molecule has 0 aliphatic heterocycles. The van der Waals surface area contributed by atoms with Gasteiger partial charge in [0.15, 0.2) is 5.82 Å². The number of H-pyrrole nitrogens is 1. The minimum absolute atomic E-state index is 0.239. The molecule has 1 aliphatic rings. The number of rotatable bonds is 4. The van der Waals surface area contributed by atoms with Crippen LogP contribution in [-0.2, 0) is 6.42 Å². The summed E-state index contributed by atoms with van der Waals surface area (Å²) >= 11 is 0. The number of aromatic nitrogens is 3. The molecule has 3 N–H and O–H groups in total. The van der Waals surface area contributed by atoms with Crippen molar-refractivity contribution >= 4 is 0 Å². The Morgan fingerprint density at radius 1 is 1.38 bits per heavy atom. The first-order valence-corrected chi connectivity index (χ1v) is 6.42. The number of aryl methyl sites for hydroxylation is 1. The van der Waals surface area contributed by atoms with Crippen molar-refractivity contribution in [3.8, 4) is 0 Å². The predicted octanol–water partition coefficient (Wildman–Crippen LogP) is 2.13. The Hall–Kier alpha value is -0.900. The maximum Gasteiger partial charge on any atom is 0.153 e. The summed E-state index contributed by atoms with van der Waals surface area (Å²) in [7, 11) is 0. The first-order chi connectivity index (χ1) is 7.75. The van der Waals surface area contributed by atoms with Crippen molar-refractivity contribution in [3.05, 3.63) is 11.6 Å². The van der Waals surface area contributed by atoms with Crippen LogP contribution in [0.2, 0.25) is 0 Å². The van der Waals surface area contributed by atoms with Gasteiger partial charge in [-0.3, -0.25) is 5.10 Å². The summed E-state index contributed by atoms with van der Waals surface area (Å²) in [6.45, 7) is 2.03. The fourth-order valence-corrected chi connectivity index (χ4v) is 2.33. The number of nitrogens with two attached hydrogens (primary N) is 1. The van der Waals surface area contributed by atoms with E-state index in [2.05, 4.69) is 15.2 Å². The fourth-order valence-electron chi connectivity index (χ4n) is 2.33. The summed E-state index contributed by atoms with van der Waals surface area (Å²) < 4.78 is 0. The van der Waals surface area contributed by atoms with Crippen molar-refractivity contribution in [2.24, 2.45) is 5.73 Å². The quantitative estimate of drug-likeness (QED) is 0.820. The highest BCUT2D eigenvalue weighted by molar-refractivity contribution is 4.99. The van der Waals surface area contributed by atoms with E-state index in [0.717, 1.165) is 24.5 Å². The lowest BCUT2D eigenvalue weighted by Crippen LogP contribution is -2.15. The van der Waals surface area contributed by atoms with Crippen LogP contribution < -0.4 is 5.73 Å². The van der Waals surface area contributed by atoms with E-state index in [1.165, 1.54) is 32.1 Å². The molecule has 4 heteroatoms. The Morgan fingerprint density at radius 3 is 2.81 bits per heavy atom. The van der Waals surface area contributed by atoms with Gasteiger partial charge < -0.3 is 5.73 Å². The van der Waals surface area contributed by atoms with Gasteiger partial charge in [0.1, 0.15) is 5.82 Å². The summed E-state index contributed by atoms with van der Waals surface area (Å²) in [5, 5.41) is 7.38. The Morgan fingerprint density at radius 2 is 2.12 bits per heavy atom. The van der Waals surface area contributed by atoms with Gasteiger partial charge in [-0.05, 0) is 26.2 Å². The molecular formula is C12H22N4. The maximum atomic E-state index is 5.73. The second-order valence-corrected chi connectivity index (χ2v) is 4.99. The molecule has 1 unspecified atom stereocenters. The van der Waals surface area contributed by atoms with Crippen LogP contribution in [0.25, 0.3) is 0 Å². The normalized spacial score (nSPS) is 19.9. The lowest BCUT2D eigenvalue weighted by atomic mass is 9.89. The number of nitrogens with zero attached hydrogens (tertiary/aromatic N) is 2. The van der Waals surface area contributed by atoms with Crippen molar-refractivity contribution in [2.45, 2.75) is 63.8 Å². The SMILES string of the molecule is CC(N)CCc1nc(C2CCCCC2)n[nH]1. The van der Waals surface area contributed by atoms with Crippen molar-refractivity contribution < 1.29 is 0 Å². The zero-order chi connectivity index (χ0) is 11.4. The van der Waals surface area contributed by atoms with E-state index in [-0.39, 0.29) is 6.04 Å². The number of aromatic amines is 1. The van der Waals surface area contributed by atoms with Crippen LogP contribution in [0.5, 0.6) is 0 Å². The Bertz CT molecular complexity index is 313. The molecule has 0 amide bonds. The predicted molar refractivity (Wildman–Crippen MR) is 64.2 cm³/mol. The van der Waals surface area contributed by atoms with Crippen LogP contribution in [0, 0.1) is 0 Å². The van der Waals surface area contributed by atoms with Crippen molar-refractivity contribution in [2.75, 3.05) is 0 Å². The summed E-state index contributed by atoms with van der Waals surface area (Å²) in [4.78, 5) is 4.58. The zero-order valence-corrected chi connectivity index (χ0v) is 10.1. The number of hydrogen-bond acceptors (Lipinski definition) is 3. The van der Waals surface area contributed by atoms with E-state index in [1.54, 1.807) is 0 Å². The lowest BCUT2D eigenvalue weighted by Gasteiger charge is -2.18. The van der Waals surface area contributed by atoms with Crippen LogP contribution in [0.3, 0.4) is 0 Å². The van der Waals surface area contributed by atoms with Crippen LogP contribution in [0.1, 0.15) is 63.0 Å². The van der Waals surface area contributed by atoms with Gasteiger partial charge in [0.25, 0.3) is 0 Å². The van der Waals surface area contributed by atoms with Crippen molar-refractivity contribution in [1.29, 1.82) is 0 Å². The molecule has 1 aliphatic carbocycles. The average Bonchev–Trinajstić information content (AvgIpc) is 2.76. The lowest BCUT2D eigenvalue weighted by molar-refractivity contribution is 0.429. The fraction of sp³-hybridized carbons (Fsp3) is 0.833. The molecular weight excluding hydrogens is 200 g/mol. The molecule has 4 nitrogen and oxygen atoms in total. The van der Waals surface area contributed by atoms with Gasteiger partial charge in [0.2, 0.25) is 0 Å². The van der Waals surface area contributed by atoms with Gasteiger partial charge in [-0.25, -0.2) is 4.98 Å². The molecule has 0 aromatic carbocycles. The third-order valence-corrected chi connectivity index (χ3v) is 3.36. The van der Waals surface area contributed by atoms with E-state index in [4.69, 9.17) is 5.73 Å². The highest BCUT2D eigenvalue weighted by Gasteiger charge is 2.19. The molecule has 2 rings (SSSR count). The summed E-state index contributed by atoms with van der Waals surface area (Å²) in [5.74, 6) is 2.62. The van der Waals surface area contributed by atoms with Gasteiger partial charge in [0, 0.05) is 18.4 Å². The molecule has 1 aromatic rings. The average molecular weight is 222 g/mol. The molecule has 1 atom stereocenters. The minimum Gasteiger partial charge on any atom is -0.328 e. The first kappa shape index (κ1) is 11.6. The number of hydrogen-bond donors (Lipinski definition) is 2. The Balaban J connectivity index is 1.90. The minimum atomic E-state index is 0.239. The van der Waals surface area contributed by atoms with E-state index in [1.807, 2.05) is 6.92 Å². The van der Waals surface area contributed by atoms with Gasteiger partial charge in [0.05, 0.1) is 0 Å². The van der Waals surface area contributed by atoms with Gasteiger partial charge >= 0.3 is 0 Å². The Kier molecular flexibility index (Phi) is 3.93. The number of nitrogens with one attached hydrogen (secondary N) is 1. The highest BCUT2D eigenvalue weighted by Crippen LogP contribution is 2.30. The van der Waals surface area contributed by atoms with Crippen LogP contribution in [0.4, 0.5) is 0 Å². The van der Waals surface area contributed by atoms with E-state index >= 15 is 0 Å². The molecule has 16 heavy (non-hydrogen) atoms. The monoisotopic (exact) mass is 222 g/mol. The van der Waals surface area contributed by atoms with Crippen LogP contribution in [-0.4, -0.2) is 21.2 Å². The van der Waals surface area contributed by atoms with E-state index in [0.29, 0.717) is 5.92 Å². The smallest absolute Gasteiger partial charge is 0.153 e. The Labute approximate surface area is 97.0 Å². The molecule has 0 radical (unpaired) electrons. The third-order valence-electron chi connectivity index (χ3n) is 3.36. The third kappa shape index (κ3) is 3.04. The van der Waals surface area contributed by atoms with E-state index < -0.39 is 0 Å². The largest absolute Gasteiger partial charge is 0.328 e. The molecule has 0 saturated heterocycles. The van der Waals surface area contributed by atoms with Crippen LogP contribution in [0.15, 0.2) is 0 Å². The van der Waals surface area contributed by atoms with Crippen LogP contribution >= 0.6 is 0 Å². The molecule has 1 heterocycles. The molecule has 1 aromatic heterocycles. The van der Waals surface area contributed by atoms with E-state index in [9.17, 15) is 0 Å². The second kappa shape index (κ2) is 5.43. The summed E-state index contributed by atoms with van der Waals surface area (Å²) in [6.07, 6.45) is 8.42. The first-order valence-electron chi connectivity index (χ1n) is 6.42.